The minimum atomic E-state index is -0.538. The van der Waals surface area contributed by atoms with Gasteiger partial charge in [-0.3, -0.25) is 9.69 Å². The molecule has 40 heavy (non-hydrogen) atoms. The van der Waals surface area contributed by atoms with E-state index in [2.05, 4.69) is 28.0 Å². The first kappa shape index (κ1) is 29.2. The summed E-state index contributed by atoms with van der Waals surface area (Å²) in [5.41, 5.74) is 2.02. The van der Waals surface area contributed by atoms with E-state index in [0.29, 0.717) is 53.1 Å². The molecule has 2 aliphatic rings. The van der Waals surface area contributed by atoms with E-state index in [1.807, 2.05) is 23.1 Å². The summed E-state index contributed by atoms with van der Waals surface area (Å²) in [6.45, 7) is 6.49. The number of carbonyl (C=O) groups is 1. The van der Waals surface area contributed by atoms with E-state index in [-0.39, 0.29) is 5.91 Å². The van der Waals surface area contributed by atoms with E-state index >= 15 is 0 Å². The van der Waals surface area contributed by atoms with Crippen LogP contribution in [0.25, 0.3) is 0 Å². The maximum absolute atomic E-state index is 13.8. The lowest BCUT2D eigenvalue weighted by molar-refractivity contribution is -0.136. The number of hydrogen-bond acceptors (Lipinski definition) is 5. The minimum absolute atomic E-state index is 0.0129. The summed E-state index contributed by atoms with van der Waals surface area (Å²) in [6, 6.07) is 11.2. The summed E-state index contributed by atoms with van der Waals surface area (Å²) < 4.78 is 8.06. The van der Waals surface area contributed by atoms with Crippen LogP contribution < -0.4 is 4.74 Å². The molecule has 0 aliphatic carbocycles. The molecule has 0 N–H and O–H groups in total. The van der Waals surface area contributed by atoms with Gasteiger partial charge >= 0.3 is 0 Å². The molecule has 2 fully saturated rings. The first-order valence-electron chi connectivity index (χ1n) is 14.2. The number of likely N-dealkylation sites (tertiary alicyclic amines) is 2. The molecule has 2 saturated heterocycles. The lowest BCUT2D eigenvalue weighted by atomic mass is 9.88. The summed E-state index contributed by atoms with van der Waals surface area (Å²) in [5, 5.41) is 6.06. The predicted octanol–water partition coefficient (Wildman–Crippen LogP) is 6.68. The fraction of sp³-hybridized carbons (Fsp3) is 0.500. The highest BCUT2D eigenvalue weighted by atomic mass is 35.5. The Morgan fingerprint density at radius 3 is 2.42 bits per heavy atom. The molecule has 0 radical (unpaired) electrons. The zero-order valence-corrected chi connectivity index (χ0v) is 25.1. The van der Waals surface area contributed by atoms with Crippen molar-refractivity contribution >= 4 is 40.7 Å². The molecule has 2 aliphatic heterocycles. The topological polar surface area (TPSA) is 63.5 Å². The number of rotatable bonds is 10. The van der Waals surface area contributed by atoms with Gasteiger partial charge in [-0.25, -0.2) is 9.67 Å². The standard InChI is InChI=1S/C30H36Cl3N5O2/c1-2-25(36-11-3-4-12-36)18-40-29-17-24(32)7-8-26(29)21-9-13-37(14-10-21)30(39)28(38-20-34-19-35-38)15-22-5-6-23(31)16-27(22)33/h5-8,16-17,19-21,25,28H,2-4,9-15,18H2,1H3/t25-,28?/m1/s1. The second-order valence-corrected chi connectivity index (χ2v) is 12.0. The zero-order chi connectivity index (χ0) is 28.1. The average Bonchev–Trinajstić information content (AvgIpc) is 3.68. The monoisotopic (exact) mass is 603 g/mol. The van der Waals surface area contributed by atoms with Crippen molar-refractivity contribution < 1.29 is 9.53 Å². The van der Waals surface area contributed by atoms with E-state index < -0.39 is 6.04 Å². The maximum Gasteiger partial charge on any atom is 0.247 e. The van der Waals surface area contributed by atoms with Crippen molar-refractivity contribution in [3.8, 4) is 5.75 Å². The fourth-order valence-corrected chi connectivity index (χ4v) is 6.58. The quantitative estimate of drug-likeness (QED) is 0.258. The van der Waals surface area contributed by atoms with Gasteiger partial charge < -0.3 is 9.64 Å². The van der Waals surface area contributed by atoms with E-state index in [1.165, 1.54) is 24.7 Å². The van der Waals surface area contributed by atoms with Crippen LogP contribution in [0.15, 0.2) is 49.1 Å². The number of nitrogens with zero attached hydrogens (tertiary/aromatic N) is 5. The summed E-state index contributed by atoms with van der Waals surface area (Å²) >= 11 is 18.9. The SMILES string of the molecule is CC[C@H](COc1cc(Cl)ccc1C1CCN(C(=O)C(Cc2ccc(Cl)cc2Cl)n2cncn2)CC1)N1CCCC1. The Balaban J connectivity index is 1.25. The van der Waals surface area contributed by atoms with Crippen LogP contribution in [-0.2, 0) is 11.2 Å². The molecule has 1 aromatic heterocycles. The molecule has 3 heterocycles. The van der Waals surface area contributed by atoms with Crippen molar-refractivity contribution in [3.63, 3.8) is 0 Å². The third-order valence-electron chi connectivity index (χ3n) is 8.25. The van der Waals surface area contributed by atoms with Gasteiger partial charge in [-0.1, -0.05) is 53.9 Å². The van der Waals surface area contributed by atoms with Crippen LogP contribution in [-0.4, -0.2) is 69.3 Å². The van der Waals surface area contributed by atoms with Gasteiger partial charge in [0.2, 0.25) is 5.91 Å². The number of halogens is 3. The Morgan fingerprint density at radius 2 is 1.75 bits per heavy atom. The third kappa shape index (κ3) is 6.93. The number of piperidine rings is 1. The second kappa shape index (κ2) is 13.6. The highest BCUT2D eigenvalue weighted by Crippen LogP contribution is 2.37. The highest BCUT2D eigenvalue weighted by Gasteiger charge is 2.32. The minimum Gasteiger partial charge on any atom is -0.492 e. The van der Waals surface area contributed by atoms with Crippen molar-refractivity contribution in [3.05, 3.63) is 75.2 Å². The summed E-state index contributed by atoms with van der Waals surface area (Å²) in [7, 11) is 0. The predicted molar refractivity (Wildman–Crippen MR) is 160 cm³/mol. The molecule has 214 valence electrons. The molecule has 1 amide bonds. The maximum atomic E-state index is 13.8. The van der Waals surface area contributed by atoms with Crippen molar-refractivity contribution in [2.45, 2.75) is 63.5 Å². The number of ether oxygens (including phenoxy) is 1. The van der Waals surface area contributed by atoms with Gasteiger partial charge in [0.05, 0.1) is 0 Å². The lowest BCUT2D eigenvalue weighted by Gasteiger charge is -2.35. The number of hydrogen-bond donors (Lipinski definition) is 0. The van der Waals surface area contributed by atoms with Gasteiger partial charge in [-0.2, -0.15) is 5.10 Å². The number of amides is 1. The molecule has 10 heteroatoms. The van der Waals surface area contributed by atoms with Crippen molar-refractivity contribution in [2.75, 3.05) is 32.8 Å². The lowest BCUT2D eigenvalue weighted by Crippen LogP contribution is -2.43. The van der Waals surface area contributed by atoms with Crippen molar-refractivity contribution in [1.82, 2.24) is 24.6 Å². The molecule has 2 aromatic carbocycles. The van der Waals surface area contributed by atoms with Gasteiger partial charge in [0.1, 0.15) is 31.1 Å². The van der Waals surface area contributed by atoms with Crippen LogP contribution in [0.3, 0.4) is 0 Å². The van der Waals surface area contributed by atoms with Gasteiger partial charge in [-0.05, 0) is 86.5 Å². The molecule has 0 spiro atoms. The van der Waals surface area contributed by atoms with Gasteiger partial charge in [0.15, 0.2) is 0 Å². The first-order chi connectivity index (χ1) is 19.4. The van der Waals surface area contributed by atoms with Gasteiger partial charge in [0, 0.05) is 40.6 Å². The Hall–Kier alpha value is -2.32. The Kier molecular flexibility index (Phi) is 9.89. The van der Waals surface area contributed by atoms with Crippen LogP contribution in [0.4, 0.5) is 0 Å². The van der Waals surface area contributed by atoms with E-state index in [9.17, 15) is 4.79 Å². The fourth-order valence-electron chi connectivity index (χ4n) is 5.93. The first-order valence-corrected chi connectivity index (χ1v) is 15.3. The van der Waals surface area contributed by atoms with Gasteiger partial charge in [0.25, 0.3) is 0 Å². The summed E-state index contributed by atoms with van der Waals surface area (Å²) in [6.07, 6.45) is 8.72. The van der Waals surface area contributed by atoms with Crippen LogP contribution in [0.5, 0.6) is 5.75 Å². The molecule has 2 atom stereocenters. The number of carbonyl (C=O) groups excluding carboxylic acids is 1. The van der Waals surface area contributed by atoms with Gasteiger partial charge in [-0.15, -0.1) is 0 Å². The molecule has 1 unspecified atom stereocenters. The van der Waals surface area contributed by atoms with Crippen LogP contribution >= 0.6 is 34.8 Å². The van der Waals surface area contributed by atoms with E-state index in [0.717, 1.165) is 43.7 Å². The van der Waals surface area contributed by atoms with Crippen LogP contribution in [0, 0.1) is 0 Å². The average molecular weight is 605 g/mol. The Bertz CT molecular complexity index is 1270. The molecule has 0 saturated carbocycles. The molecular weight excluding hydrogens is 569 g/mol. The Morgan fingerprint density at radius 1 is 1.02 bits per heavy atom. The number of aromatic nitrogens is 3. The van der Waals surface area contributed by atoms with E-state index in [4.69, 9.17) is 39.5 Å². The molecule has 3 aromatic rings. The molecular formula is C30H36Cl3N5O2. The second-order valence-electron chi connectivity index (χ2n) is 10.7. The largest absolute Gasteiger partial charge is 0.492 e. The Labute approximate surface area is 251 Å². The third-order valence-corrected chi connectivity index (χ3v) is 9.07. The molecule has 7 nitrogen and oxygen atoms in total. The number of benzene rings is 2. The molecule has 0 bridgehead atoms. The highest BCUT2D eigenvalue weighted by molar-refractivity contribution is 6.35. The van der Waals surface area contributed by atoms with Crippen LogP contribution in [0.2, 0.25) is 15.1 Å². The zero-order valence-electron chi connectivity index (χ0n) is 22.8. The van der Waals surface area contributed by atoms with Crippen molar-refractivity contribution in [1.29, 1.82) is 0 Å². The molecule has 5 rings (SSSR count). The normalized spacial score (nSPS) is 18.1. The summed E-state index contributed by atoms with van der Waals surface area (Å²) in [4.78, 5) is 22.3. The smallest absolute Gasteiger partial charge is 0.247 e. The van der Waals surface area contributed by atoms with Crippen molar-refractivity contribution in [2.24, 2.45) is 0 Å². The van der Waals surface area contributed by atoms with Crippen LogP contribution in [0.1, 0.15) is 62.1 Å². The summed E-state index contributed by atoms with van der Waals surface area (Å²) in [5.74, 6) is 1.17. The van der Waals surface area contributed by atoms with E-state index in [1.54, 1.807) is 23.1 Å².